The lowest BCUT2D eigenvalue weighted by Gasteiger charge is -2.01. The first-order chi connectivity index (χ1) is 5.20. The minimum Gasteiger partial charge on any atom is -0.479 e. The second kappa shape index (κ2) is 5.58. The van der Waals surface area contributed by atoms with Crippen LogP contribution in [0, 0.1) is 0 Å². The summed E-state index contributed by atoms with van der Waals surface area (Å²) >= 11 is 0. The molecule has 0 radical (unpaired) electrons. The maximum absolute atomic E-state index is 10.7. The Balaban J connectivity index is 3.76. The van der Waals surface area contributed by atoms with Gasteiger partial charge >= 0.3 is 5.97 Å². The molecule has 0 aliphatic heterocycles. The van der Waals surface area contributed by atoms with E-state index in [-0.39, 0.29) is 5.88 Å². The molecule has 0 amide bonds. The van der Waals surface area contributed by atoms with E-state index in [1.165, 1.54) is 0 Å². The zero-order valence-corrected chi connectivity index (χ0v) is 6.79. The number of hydrogen-bond acceptors (Lipinski definition) is 4. The molecule has 4 nitrogen and oxygen atoms in total. The summed E-state index contributed by atoms with van der Waals surface area (Å²) in [6.45, 7) is 4.30. The third-order valence-corrected chi connectivity index (χ3v) is 0.858. The minimum atomic E-state index is -0.474. The van der Waals surface area contributed by atoms with Gasteiger partial charge in [-0.1, -0.05) is 0 Å². The first kappa shape index (κ1) is 9.81. The van der Waals surface area contributed by atoms with E-state index in [4.69, 9.17) is 10.5 Å². The summed E-state index contributed by atoms with van der Waals surface area (Å²) in [6, 6.07) is 0. The van der Waals surface area contributed by atoms with E-state index in [1.54, 1.807) is 13.8 Å². The van der Waals surface area contributed by atoms with Gasteiger partial charge in [-0.25, -0.2) is 4.79 Å². The molecule has 0 aromatic rings. The van der Waals surface area contributed by atoms with Gasteiger partial charge in [0, 0.05) is 0 Å². The average Bonchev–Trinajstić information content (AvgIpc) is 1.87. The topological polar surface area (TPSA) is 61.5 Å². The molecule has 0 aliphatic rings. The van der Waals surface area contributed by atoms with Crippen LogP contribution in [0.5, 0.6) is 0 Å². The molecule has 0 atom stereocenters. The van der Waals surface area contributed by atoms with Crippen LogP contribution in [-0.2, 0) is 14.3 Å². The van der Waals surface area contributed by atoms with Gasteiger partial charge in [-0.15, -0.1) is 0 Å². The van der Waals surface area contributed by atoms with E-state index < -0.39 is 5.97 Å². The molecule has 0 aromatic carbocycles. The van der Waals surface area contributed by atoms with Crippen LogP contribution in [0.2, 0.25) is 0 Å². The summed E-state index contributed by atoms with van der Waals surface area (Å²) in [4.78, 5) is 10.7. The monoisotopic (exact) mass is 159 g/mol. The van der Waals surface area contributed by atoms with Crippen LogP contribution >= 0.6 is 0 Å². The van der Waals surface area contributed by atoms with Crippen molar-refractivity contribution in [2.75, 3.05) is 13.2 Å². The average molecular weight is 159 g/mol. The van der Waals surface area contributed by atoms with Crippen molar-refractivity contribution in [3.63, 3.8) is 0 Å². The molecule has 0 rings (SSSR count). The highest BCUT2D eigenvalue weighted by Gasteiger charge is 1.97. The molecule has 0 unspecified atom stereocenters. The van der Waals surface area contributed by atoms with Crippen LogP contribution < -0.4 is 5.73 Å². The van der Waals surface area contributed by atoms with E-state index in [0.29, 0.717) is 13.2 Å². The Morgan fingerprint density at radius 3 is 2.36 bits per heavy atom. The van der Waals surface area contributed by atoms with Crippen LogP contribution in [0.15, 0.2) is 12.0 Å². The van der Waals surface area contributed by atoms with Crippen LogP contribution in [0.25, 0.3) is 0 Å². The van der Waals surface area contributed by atoms with Crippen molar-refractivity contribution < 1.29 is 14.3 Å². The normalized spacial score (nSPS) is 10.9. The van der Waals surface area contributed by atoms with Gasteiger partial charge in [-0.05, 0) is 13.8 Å². The standard InChI is InChI=1S/C7H13NO3/c1-3-10-6(8)5-7(9)11-4-2/h5H,3-4,8H2,1-2H3. The summed E-state index contributed by atoms with van der Waals surface area (Å²) in [5.74, 6) is -0.385. The maximum atomic E-state index is 10.7. The van der Waals surface area contributed by atoms with Crippen molar-refractivity contribution in [3.8, 4) is 0 Å². The van der Waals surface area contributed by atoms with Crippen molar-refractivity contribution in [3.05, 3.63) is 12.0 Å². The SMILES string of the molecule is CCOC(=O)C=C(N)OCC. The second-order valence-corrected chi connectivity index (χ2v) is 1.73. The van der Waals surface area contributed by atoms with Crippen LogP contribution in [0.1, 0.15) is 13.8 Å². The van der Waals surface area contributed by atoms with Gasteiger partial charge < -0.3 is 15.2 Å². The summed E-state index contributed by atoms with van der Waals surface area (Å²) in [7, 11) is 0. The Morgan fingerprint density at radius 1 is 1.36 bits per heavy atom. The molecule has 64 valence electrons. The molecule has 0 heterocycles. The molecule has 0 aromatic heterocycles. The third-order valence-electron chi connectivity index (χ3n) is 0.858. The number of esters is 1. The van der Waals surface area contributed by atoms with Gasteiger partial charge in [0.05, 0.1) is 19.3 Å². The Morgan fingerprint density at radius 2 is 1.91 bits per heavy atom. The van der Waals surface area contributed by atoms with Crippen molar-refractivity contribution in [1.82, 2.24) is 0 Å². The molecule has 4 heteroatoms. The van der Waals surface area contributed by atoms with Gasteiger partial charge in [0.2, 0.25) is 0 Å². The van der Waals surface area contributed by atoms with Gasteiger partial charge in [0.1, 0.15) is 0 Å². The number of hydrogen-bond donors (Lipinski definition) is 1. The molecule has 0 saturated carbocycles. The fourth-order valence-electron chi connectivity index (χ4n) is 0.508. The smallest absolute Gasteiger partial charge is 0.336 e. The molecule has 0 saturated heterocycles. The molecule has 2 N–H and O–H groups in total. The number of carbonyl (C=O) groups is 1. The summed E-state index contributed by atoms with van der Waals surface area (Å²) in [5.41, 5.74) is 5.25. The van der Waals surface area contributed by atoms with E-state index in [2.05, 4.69) is 4.74 Å². The largest absolute Gasteiger partial charge is 0.479 e. The fraction of sp³-hybridized carbons (Fsp3) is 0.571. The quantitative estimate of drug-likeness (QED) is 0.366. The molecule has 0 spiro atoms. The summed E-state index contributed by atoms with van der Waals surface area (Å²) in [6.07, 6.45) is 1.12. The van der Waals surface area contributed by atoms with Crippen LogP contribution in [-0.4, -0.2) is 19.2 Å². The van der Waals surface area contributed by atoms with E-state index >= 15 is 0 Å². The molecule has 0 aliphatic carbocycles. The van der Waals surface area contributed by atoms with E-state index in [0.717, 1.165) is 6.08 Å². The highest BCUT2D eigenvalue weighted by Crippen LogP contribution is 1.88. The fourth-order valence-corrected chi connectivity index (χ4v) is 0.508. The Kier molecular flexibility index (Phi) is 4.98. The van der Waals surface area contributed by atoms with Crippen molar-refractivity contribution in [1.29, 1.82) is 0 Å². The molecule has 0 fully saturated rings. The molecular weight excluding hydrogens is 146 g/mol. The molecular formula is C7H13NO3. The number of carbonyl (C=O) groups excluding carboxylic acids is 1. The highest BCUT2D eigenvalue weighted by atomic mass is 16.5. The Labute approximate surface area is 66.0 Å². The van der Waals surface area contributed by atoms with Crippen LogP contribution in [0.4, 0.5) is 0 Å². The zero-order chi connectivity index (χ0) is 8.69. The van der Waals surface area contributed by atoms with Crippen molar-refractivity contribution in [2.45, 2.75) is 13.8 Å². The number of nitrogens with two attached hydrogens (primary N) is 1. The molecule has 11 heavy (non-hydrogen) atoms. The third kappa shape index (κ3) is 5.26. The lowest BCUT2D eigenvalue weighted by Crippen LogP contribution is -2.08. The Hall–Kier alpha value is -1.19. The first-order valence-corrected chi connectivity index (χ1v) is 3.47. The summed E-state index contributed by atoms with van der Waals surface area (Å²) in [5, 5.41) is 0. The predicted molar refractivity (Wildman–Crippen MR) is 40.5 cm³/mol. The highest BCUT2D eigenvalue weighted by molar-refractivity contribution is 5.82. The van der Waals surface area contributed by atoms with E-state index in [9.17, 15) is 4.79 Å². The first-order valence-electron chi connectivity index (χ1n) is 3.47. The van der Waals surface area contributed by atoms with Crippen molar-refractivity contribution in [2.24, 2.45) is 5.73 Å². The van der Waals surface area contributed by atoms with E-state index in [1.807, 2.05) is 0 Å². The van der Waals surface area contributed by atoms with Gasteiger partial charge in [0.15, 0.2) is 5.88 Å². The van der Waals surface area contributed by atoms with Gasteiger partial charge in [-0.3, -0.25) is 0 Å². The summed E-state index contributed by atoms with van der Waals surface area (Å²) < 4.78 is 9.38. The van der Waals surface area contributed by atoms with Gasteiger partial charge in [-0.2, -0.15) is 0 Å². The zero-order valence-electron chi connectivity index (χ0n) is 6.79. The Bertz CT molecular complexity index is 154. The number of ether oxygens (including phenoxy) is 2. The lowest BCUT2D eigenvalue weighted by molar-refractivity contribution is -0.137. The van der Waals surface area contributed by atoms with Crippen LogP contribution in [0.3, 0.4) is 0 Å². The predicted octanol–water partition coefficient (Wildman–Crippen LogP) is 0.386. The molecule has 0 bridgehead atoms. The number of rotatable bonds is 4. The maximum Gasteiger partial charge on any atom is 0.336 e. The van der Waals surface area contributed by atoms with Gasteiger partial charge in [0.25, 0.3) is 0 Å². The second-order valence-electron chi connectivity index (χ2n) is 1.73. The minimum absolute atomic E-state index is 0.0888. The van der Waals surface area contributed by atoms with Crippen molar-refractivity contribution >= 4 is 5.97 Å². The lowest BCUT2D eigenvalue weighted by atomic mass is 10.6.